The third-order valence-electron chi connectivity index (χ3n) is 5.02. The van der Waals surface area contributed by atoms with E-state index in [0.717, 1.165) is 50.3 Å². The van der Waals surface area contributed by atoms with Gasteiger partial charge in [0.2, 0.25) is 5.91 Å². The number of carbonyl (C=O) groups excluding carboxylic acids is 2. The number of hydrogen-bond acceptors (Lipinski definition) is 3. The lowest BCUT2D eigenvalue weighted by Crippen LogP contribution is -2.38. The molecule has 3 nitrogen and oxygen atoms in total. The fourth-order valence-electron chi connectivity index (χ4n) is 3.50. The lowest BCUT2D eigenvalue weighted by atomic mass is 9.69. The zero-order chi connectivity index (χ0) is 19.3. The van der Waals surface area contributed by atoms with E-state index >= 15 is 0 Å². The second-order valence-corrected chi connectivity index (χ2v) is 9.62. The summed E-state index contributed by atoms with van der Waals surface area (Å²) in [5, 5.41) is 3.75. The highest BCUT2D eigenvalue weighted by Gasteiger charge is 2.39. The minimum absolute atomic E-state index is 0.0432. The SMILES string of the molecule is CC(=O)Sc1cc(Cl)c(Cl)cc1NC(=O)C1(CCC(C)C)CCCCC1. The fraction of sp³-hybridized carbons (Fsp3) is 0.600. The molecule has 0 radical (unpaired) electrons. The Morgan fingerprint density at radius 3 is 2.35 bits per heavy atom. The second-order valence-electron chi connectivity index (χ2n) is 7.58. The van der Waals surface area contributed by atoms with Crippen LogP contribution in [0.4, 0.5) is 5.69 Å². The number of anilines is 1. The molecule has 0 unspecified atom stereocenters. The van der Waals surface area contributed by atoms with Crippen molar-refractivity contribution in [3.63, 3.8) is 0 Å². The number of rotatable bonds is 6. The first kappa shape index (κ1) is 21.6. The summed E-state index contributed by atoms with van der Waals surface area (Å²) in [6.45, 7) is 5.87. The summed E-state index contributed by atoms with van der Waals surface area (Å²) in [6.07, 6.45) is 7.12. The summed E-state index contributed by atoms with van der Waals surface area (Å²) in [7, 11) is 0. The quantitative estimate of drug-likeness (QED) is 0.510. The van der Waals surface area contributed by atoms with Gasteiger partial charge in [0, 0.05) is 17.2 Å². The lowest BCUT2D eigenvalue weighted by molar-refractivity contribution is -0.128. The van der Waals surface area contributed by atoms with E-state index in [2.05, 4.69) is 19.2 Å². The lowest BCUT2D eigenvalue weighted by Gasteiger charge is -2.36. The molecule has 0 heterocycles. The largest absolute Gasteiger partial charge is 0.325 e. The van der Waals surface area contributed by atoms with E-state index in [-0.39, 0.29) is 16.4 Å². The average Bonchev–Trinajstić information content (AvgIpc) is 2.57. The summed E-state index contributed by atoms with van der Waals surface area (Å²) in [5.74, 6) is 0.608. The third kappa shape index (κ3) is 5.64. The molecule has 0 bridgehead atoms. The Bertz CT molecular complexity index is 670. The standard InChI is InChI=1S/C20H27Cl2NO2S/c1-13(2)7-10-20(8-5-4-6-9-20)19(25)23-17-11-15(21)16(22)12-18(17)26-14(3)24/h11-13H,4-10H2,1-3H3,(H,23,25). The predicted octanol–water partition coefficient (Wildman–Crippen LogP) is 6.96. The molecular weight excluding hydrogens is 389 g/mol. The Morgan fingerprint density at radius 2 is 1.77 bits per heavy atom. The van der Waals surface area contributed by atoms with Crippen molar-refractivity contribution in [2.24, 2.45) is 11.3 Å². The van der Waals surface area contributed by atoms with Gasteiger partial charge in [0.05, 0.1) is 15.7 Å². The molecule has 1 aromatic rings. The number of nitrogens with one attached hydrogen (secondary N) is 1. The van der Waals surface area contributed by atoms with Crippen molar-refractivity contribution in [3.05, 3.63) is 22.2 Å². The highest BCUT2D eigenvalue weighted by molar-refractivity contribution is 8.13. The van der Waals surface area contributed by atoms with Gasteiger partial charge in [0.25, 0.3) is 0 Å². The van der Waals surface area contributed by atoms with E-state index in [1.807, 2.05) is 0 Å². The van der Waals surface area contributed by atoms with Crippen LogP contribution in [0.15, 0.2) is 17.0 Å². The smallest absolute Gasteiger partial charge is 0.230 e. The van der Waals surface area contributed by atoms with Gasteiger partial charge in [-0.2, -0.15) is 0 Å². The van der Waals surface area contributed by atoms with Gasteiger partial charge in [0.1, 0.15) is 0 Å². The molecule has 1 fully saturated rings. The molecule has 144 valence electrons. The van der Waals surface area contributed by atoms with Gasteiger partial charge in [-0.3, -0.25) is 9.59 Å². The molecule has 1 aliphatic carbocycles. The Balaban J connectivity index is 2.27. The number of halogens is 2. The van der Waals surface area contributed by atoms with Gasteiger partial charge < -0.3 is 5.32 Å². The molecule has 1 saturated carbocycles. The summed E-state index contributed by atoms with van der Waals surface area (Å²) in [4.78, 5) is 25.5. The van der Waals surface area contributed by atoms with Crippen molar-refractivity contribution in [2.75, 3.05) is 5.32 Å². The van der Waals surface area contributed by atoms with E-state index in [1.54, 1.807) is 12.1 Å². The maximum absolute atomic E-state index is 13.3. The van der Waals surface area contributed by atoms with Crippen molar-refractivity contribution in [1.82, 2.24) is 0 Å². The first-order chi connectivity index (χ1) is 12.2. The van der Waals surface area contributed by atoms with Crippen LogP contribution in [0.25, 0.3) is 0 Å². The van der Waals surface area contributed by atoms with Gasteiger partial charge in [-0.1, -0.05) is 56.3 Å². The minimum Gasteiger partial charge on any atom is -0.325 e. The van der Waals surface area contributed by atoms with Crippen LogP contribution in [0.5, 0.6) is 0 Å². The van der Waals surface area contributed by atoms with Crippen LogP contribution in [0.1, 0.15) is 65.7 Å². The van der Waals surface area contributed by atoms with Crippen LogP contribution in [0.2, 0.25) is 10.0 Å². The van der Waals surface area contributed by atoms with Gasteiger partial charge >= 0.3 is 0 Å². The van der Waals surface area contributed by atoms with Crippen LogP contribution < -0.4 is 5.32 Å². The van der Waals surface area contributed by atoms with Crippen LogP contribution in [0.3, 0.4) is 0 Å². The number of hydrogen-bond donors (Lipinski definition) is 1. The summed E-state index contributed by atoms with van der Waals surface area (Å²) in [5.41, 5.74) is 0.242. The van der Waals surface area contributed by atoms with Crippen molar-refractivity contribution in [1.29, 1.82) is 0 Å². The molecule has 0 aromatic heterocycles. The Morgan fingerprint density at radius 1 is 1.15 bits per heavy atom. The first-order valence-corrected chi connectivity index (χ1v) is 10.8. The molecule has 1 N–H and O–H groups in total. The molecule has 1 aromatic carbocycles. The second kappa shape index (κ2) is 9.48. The molecule has 0 aliphatic heterocycles. The van der Waals surface area contributed by atoms with E-state index < -0.39 is 0 Å². The van der Waals surface area contributed by atoms with Gasteiger partial charge in [0.15, 0.2) is 5.12 Å². The highest BCUT2D eigenvalue weighted by atomic mass is 35.5. The topological polar surface area (TPSA) is 46.2 Å². The maximum Gasteiger partial charge on any atom is 0.230 e. The molecule has 1 amide bonds. The predicted molar refractivity (Wildman–Crippen MR) is 111 cm³/mol. The zero-order valence-corrected chi connectivity index (χ0v) is 18.0. The maximum atomic E-state index is 13.3. The third-order valence-corrected chi connectivity index (χ3v) is 6.58. The normalized spacial score (nSPS) is 16.5. The first-order valence-electron chi connectivity index (χ1n) is 9.22. The molecule has 1 aliphatic rings. The molecule has 0 spiro atoms. The van der Waals surface area contributed by atoms with E-state index in [9.17, 15) is 9.59 Å². The Labute approximate surface area is 170 Å². The van der Waals surface area contributed by atoms with Crippen molar-refractivity contribution in [2.45, 2.75) is 70.6 Å². The monoisotopic (exact) mass is 415 g/mol. The Kier molecular flexibility index (Phi) is 7.87. The molecule has 6 heteroatoms. The van der Waals surface area contributed by atoms with Gasteiger partial charge in [-0.15, -0.1) is 0 Å². The number of thioether (sulfide) groups is 1. The average molecular weight is 416 g/mol. The number of amides is 1. The molecule has 2 rings (SSSR count). The van der Waals surface area contributed by atoms with Crippen molar-refractivity contribution >= 4 is 51.7 Å². The van der Waals surface area contributed by atoms with E-state index in [1.165, 1.54) is 13.3 Å². The summed E-state index contributed by atoms with van der Waals surface area (Å²) >= 11 is 13.3. The Hall–Kier alpha value is -0.710. The van der Waals surface area contributed by atoms with Crippen LogP contribution in [-0.4, -0.2) is 11.0 Å². The van der Waals surface area contributed by atoms with Gasteiger partial charge in [-0.25, -0.2) is 0 Å². The van der Waals surface area contributed by atoms with E-state index in [4.69, 9.17) is 23.2 Å². The van der Waals surface area contributed by atoms with Crippen LogP contribution in [-0.2, 0) is 9.59 Å². The van der Waals surface area contributed by atoms with E-state index in [0.29, 0.717) is 26.5 Å². The number of carbonyl (C=O) groups is 2. The minimum atomic E-state index is -0.327. The summed E-state index contributed by atoms with van der Waals surface area (Å²) in [6, 6.07) is 3.29. The van der Waals surface area contributed by atoms with Crippen LogP contribution >= 0.6 is 35.0 Å². The van der Waals surface area contributed by atoms with Gasteiger partial charge in [-0.05, 0) is 55.5 Å². The summed E-state index contributed by atoms with van der Waals surface area (Å²) < 4.78 is 0. The molecule has 0 saturated heterocycles. The molecule has 26 heavy (non-hydrogen) atoms. The molecular formula is C20H27Cl2NO2S. The fourth-order valence-corrected chi connectivity index (χ4v) is 4.60. The zero-order valence-electron chi connectivity index (χ0n) is 15.7. The molecule has 0 atom stereocenters. The van der Waals surface area contributed by atoms with Crippen molar-refractivity contribution in [3.8, 4) is 0 Å². The van der Waals surface area contributed by atoms with Crippen LogP contribution in [0, 0.1) is 11.3 Å². The highest BCUT2D eigenvalue weighted by Crippen LogP contribution is 2.43. The number of benzene rings is 1. The van der Waals surface area contributed by atoms with Crippen molar-refractivity contribution < 1.29 is 9.59 Å².